The molecule has 46 heavy (non-hydrogen) atoms. The standard InChI is InChI=1S/C34H39N5O5.CH4.H2S/c1-3-12-30(32(41)43-21-23-13-5-4-6-14-23)38-31(40)29(19-11-20-37-33(35)36-2)39-34(42)44-22-28-26-17-9-7-15-24(26)25-16-8-10-18-27(25)28;;/h3-10,13-18,28-30H,1,11-12,19-22H2,2H3,(H,38,40)(H,39,42)(H3,35,36,37);1H4;1H2/t29-,30+;;/m1../s1. The highest BCUT2D eigenvalue weighted by Crippen LogP contribution is 2.44. The average molecular weight is 648 g/mol. The largest absolute Gasteiger partial charge is 0.459 e. The summed E-state index contributed by atoms with van der Waals surface area (Å²) in [6.07, 6.45) is 1.67. The van der Waals surface area contributed by atoms with Gasteiger partial charge in [-0.05, 0) is 47.1 Å². The van der Waals surface area contributed by atoms with E-state index < -0.39 is 30.1 Å². The molecular weight excluding hydrogens is 602 g/mol. The molecule has 0 bridgehead atoms. The van der Waals surface area contributed by atoms with Gasteiger partial charge in [0.15, 0.2) is 5.96 Å². The molecule has 3 aromatic rings. The number of guanidine groups is 1. The van der Waals surface area contributed by atoms with Crippen LogP contribution in [0.4, 0.5) is 4.79 Å². The fourth-order valence-electron chi connectivity index (χ4n) is 5.14. The van der Waals surface area contributed by atoms with Crippen LogP contribution in [0.15, 0.2) is 96.5 Å². The van der Waals surface area contributed by atoms with Crippen LogP contribution in [-0.4, -0.2) is 56.2 Å². The van der Waals surface area contributed by atoms with Gasteiger partial charge in [-0.1, -0.05) is 92.4 Å². The highest BCUT2D eigenvalue weighted by Gasteiger charge is 2.31. The van der Waals surface area contributed by atoms with Gasteiger partial charge in [-0.2, -0.15) is 13.5 Å². The third kappa shape index (κ3) is 10.1. The Bertz CT molecular complexity index is 1440. The van der Waals surface area contributed by atoms with Crippen molar-refractivity contribution >= 4 is 37.4 Å². The fraction of sp³-hybridized carbons (Fsp3) is 0.314. The lowest BCUT2D eigenvalue weighted by Crippen LogP contribution is -2.52. The van der Waals surface area contributed by atoms with E-state index in [1.165, 1.54) is 6.08 Å². The van der Waals surface area contributed by atoms with Crippen molar-refractivity contribution in [2.75, 3.05) is 20.2 Å². The number of esters is 1. The zero-order chi connectivity index (χ0) is 31.3. The molecule has 0 radical (unpaired) electrons. The van der Waals surface area contributed by atoms with Crippen LogP contribution in [-0.2, 0) is 25.7 Å². The third-order valence-corrected chi connectivity index (χ3v) is 7.40. The Hall–Kier alpha value is -4.77. The first-order valence-corrected chi connectivity index (χ1v) is 14.6. The fourth-order valence-corrected chi connectivity index (χ4v) is 5.14. The van der Waals surface area contributed by atoms with E-state index in [0.717, 1.165) is 27.8 Å². The summed E-state index contributed by atoms with van der Waals surface area (Å²) in [7, 11) is 1.56. The summed E-state index contributed by atoms with van der Waals surface area (Å²) < 4.78 is 11.1. The second-order valence-corrected chi connectivity index (χ2v) is 10.4. The number of nitrogens with one attached hydrogen (secondary N) is 3. The minimum atomic E-state index is -0.985. The minimum Gasteiger partial charge on any atom is -0.459 e. The topological polar surface area (TPSA) is 144 Å². The smallest absolute Gasteiger partial charge is 0.407 e. The molecule has 2 amide bonds. The van der Waals surface area contributed by atoms with Gasteiger partial charge in [-0.15, -0.1) is 6.58 Å². The summed E-state index contributed by atoms with van der Waals surface area (Å²) in [4.78, 5) is 43.2. The van der Waals surface area contributed by atoms with Gasteiger partial charge in [0.2, 0.25) is 5.91 Å². The molecule has 0 saturated heterocycles. The lowest BCUT2D eigenvalue weighted by molar-refractivity contribution is -0.149. The molecule has 0 heterocycles. The maximum absolute atomic E-state index is 13.4. The number of fused-ring (bicyclic) bond motifs is 3. The molecule has 3 aromatic carbocycles. The number of carbonyl (C=O) groups is 3. The van der Waals surface area contributed by atoms with Gasteiger partial charge >= 0.3 is 12.1 Å². The number of nitrogens with two attached hydrogens (primary N) is 1. The summed E-state index contributed by atoms with van der Waals surface area (Å²) in [6, 6.07) is 23.4. The van der Waals surface area contributed by atoms with Gasteiger partial charge in [0.1, 0.15) is 25.3 Å². The van der Waals surface area contributed by atoms with Gasteiger partial charge in [0.25, 0.3) is 0 Å². The van der Waals surface area contributed by atoms with Crippen LogP contribution in [0.1, 0.15) is 49.3 Å². The molecule has 0 aromatic heterocycles. The first-order valence-electron chi connectivity index (χ1n) is 14.6. The van der Waals surface area contributed by atoms with Crippen molar-refractivity contribution in [1.82, 2.24) is 16.0 Å². The highest BCUT2D eigenvalue weighted by atomic mass is 32.1. The summed E-state index contributed by atoms with van der Waals surface area (Å²) in [5, 5.41) is 8.35. The van der Waals surface area contributed by atoms with Crippen LogP contribution in [0.5, 0.6) is 0 Å². The van der Waals surface area contributed by atoms with Crippen LogP contribution < -0.4 is 21.7 Å². The SMILES string of the molecule is C.C=CC[C@H](NC(=O)[C@@H](CCCNC(N)=NC)NC(=O)OCC1c2ccccc2-c2ccccc21)C(=O)OCc1ccccc1.S. The Morgan fingerprint density at radius 1 is 0.913 bits per heavy atom. The molecule has 246 valence electrons. The molecule has 2 atom stereocenters. The quantitative estimate of drug-likeness (QED) is 0.0649. The number of carbonyl (C=O) groups excluding carboxylic acids is 3. The summed E-state index contributed by atoms with van der Waals surface area (Å²) in [5.74, 6) is -1.00. The van der Waals surface area contributed by atoms with Crippen molar-refractivity contribution in [3.63, 3.8) is 0 Å². The molecule has 0 fully saturated rings. The summed E-state index contributed by atoms with van der Waals surface area (Å²) >= 11 is 0. The molecule has 4 rings (SSSR count). The number of rotatable bonds is 14. The number of benzene rings is 3. The molecule has 1 aliphatic carbocycles. The lowest BCUT2D eigenvalue weighted by atomic mass is 9.98. The number of hydrogen-bond acceptors (Lipinski definition) is 6. The maximum atomic E-state index is 13.4. The second kappa shape index (κ2) is 18.9. The average Bonchev–Trinajstić information content (AvgIpc) is 3.37. The first kappa shape index (κ1) is 37.4. The van der Waals surface area contributed by atoms with Crippen molar-refractivity contribution < 1.29 is 23.9 Å². The first-order chi connectivity index (χ1) is 21.4. The van der Waals surface area contributed by atoms with Crippen molar-refractivity contribution in [1.29, 1.82) is 0 Å². The molecule has 11 heteroatoms. The van der Waals surface area contributed by atoms with E-state index in [9.17, 15) is 14.4 Å². The Kier molecular flexibility index (Phi) is 15.4. The monoisotopic (exact) mass is 647 g/mol. The molecule has 0 spiro atoms. The number of hydrogen-bond donors (Lipinski definition) is 4. The van der Waals surface area contributed by atoms with E-state index in [1.54, 1.807) is 7.05 Å². The number of nitrogens with zero attached hydrogens (tertiary/aromatic N) is 1. The van der Waals surface area contributed by atoms with E-state index in [2.05, 4.69) is 39.7 Å². The third-order valence-electron chi connectivity index (χ3n) is 7.40. The van der Waals surface area contributed by atoms with Gasteiger partial charge in [0.05, 0.1) is 0 Å². The second-order valence-electron chi connectivity index (χ2n) is 10.4. The van der Waals surface area contributed by atoms with Crippen LogP contribution in [0.2, 0.25) is 0 Å². The lowest BCUT2D eigenvalue weighted by Gasteiger charge is -2.23. The van der Waals surface area contributed by atoms with Crippen molar-refractivity contribution in [3.8, 4) is 11.1 Å². The van der Waals surface area contributed by atoms with E-state index >= 15 is 0 Å². The molecule has 1 aliphatic rings. The summed E-state index contributed by atoms with van der Waals surface area (Å²) in [5.41, 5.74) is 10.9. The van der Waals surface area contributed by atoms with Crippen LogP contribution in [0.3, 0.4) is 0 Å². The van der Waals surface area contributed by atoms with Gasteiger partial charge < -0.3 is 31.2 Å². The predicted molar refractivity (Wildman–Crippen MR) is 187 cm³/mol. The minimum absolute atomic E-state index is 0. The van der Waals surface area contributed by atoms with Crippen molar-refractivity contribution in [2.24, 2.45) is 10.7 Å². The van der Waals surface area contributed by atoms with Crippen LogP contribution in [0.25, 0.3) is 11.1 Å². The van der Waals surface area contributed by atoms with E-state index in [0.29, 0.717) is 13.0 Å². The van der Waals surface area contributed by atoms with Gasteiger partial charge in [0, 0.05) is 19.5 Å². The normalized spacial score (nSPS) is 12.9. The van der Waals surface area contributed by atoms with Gasteiger partial charge in [-0.3, -0.25) is 9.79 Å². The Morgan fingerprint density at radius 2 is 1.52 bits per heavy atom. The van der Waals surface area contributed by atoms with Crippen LogP contribution in [0, 0.1) is 0 Å². The number of alkyl carbamates (subject to hydrolysis) is 1. The number of aliphatic imine (C=N–C) groups is 1. The summed E-state index contributed by atoms with van der Waals surface area (Å²) in [6.45, 7) is 4.29. The zero-order valence-electron chi connectivity index (χ0n) is 25.3. The van der Waals surface area contributed by atoms with Gasteiger partial charge in [-0.25, -0.2) is 9.59 Å². The number of ether oxygens (including phenoxy) is 2. The van der Waals surface area contributed by atoms with E-state index in [4.69, 9.17) is 15.2 Å². The zero-order valence-corrected chi connectivity index (χ0v) is 26.3. The predicted octanol–water partition coefficient (Wildman–Crippen LogP) is 4.76. The molecule has 10 nitrogen and oxygen atoms in total. The van der Waals surface area contributed by atoms with Crippen LogP contribution >= 0.6 is 13.5 Å². The van der Waals surface area contributed by atoms with E-state index in [1.807, 2.05) is 66.7 Å². The van der Waals surface area contributed by atoms with Crippen molar-refractivity contribution in [2.45, 2.75) is 51.3 Å². The molecular formula is C35H45N5O5S. The molecule has 0 saturated carbocycles. The Morgan fingerprint density at radius 3 is 2.13 bits per heavy atom. The molecule has 0 aliphatic heterocycles. The molecule has 5 N–H and O–H groups in total. The Balaban J connectivity index is 0.00000368. The highest BCUT2D eigenvalue weighted by molar-refractivity contribution is 7.59. The maximum Gasteiger partial charge on any atom is 0.407 e. The van der Waals surface area contributed by atoms with Crippen molar-refractivity contribution in [3.05, 3.63) is 108 Å². The Labute approximate surface area is 278 Å². The number of amides is 2. The molecule has 0 unspecified atom stereocenters. The van der Waals surface area contributed by atoms with E-state index in [-0.39, 0.29) is 58.9 Å².